The Hall–Kier alpha value is -2.88. The van der Waals surface area contributed by atoms with Crippen LogP contribution in [0, 0.1) is 6.92 Å². The van der Waals surface area contributed by atoms with Gasteiger partial charge in [-0.2, -0.15) is 0 Å². The number of pyridine rings is 1. The molecule has 2 aromatic heterocycles. The SMILES string of the molecule is Cc1nc(C(C)(C)C)ccc1/C=C/C(=O)Nc1ccc2cc[nH]c2c1. The maximum atomic E-state index is 12.2. The second-order valence-corrected chi connectivity index (χ2v) is 7.22. The summed E-state index contributed by atoms with van der Waals surface area (Å²) in [6, 6.07) is 11.8. The Labute approximate surface area is 148 Å². The summed E-state index contributed by atoms with van der Waals surface area (Å²) in [5.41, 5.74) is 4.70. The number of carbonyl (C=O) groups is 1. The maximum absolute atomic E-state index is 12.2. The average Bonchev–Trinajstić information content (AvgIpc) is 3.00. The number of nitrogens with one attached hydrogen (secondary N) is 2. The van der Waals surface area contributed by atoms with E-state index in [9.17, 15) is 4.79 Å². The molecule has 1 amide bonds. The van der Waals surface area contributed by atoms with Gasteiger partial charge < -0.3 is 10.3 Å². The fourth-order valence-corrected chi connectivity index (χ4v) is 2.64. The monoisotopic (exact) mass is 333 g/mol. The van der Waals surface area contributed by atoms with Gasteiger partial charge in [-0.15, -0.1) is 0 Å². The first kappa shape index (κ1) is 17.0. The number of aromatic nitrogens is 2. The zero-order valence-electron chi connectivity index (χ0n) is 15.1. The molecule has 0 aliphatic heterocycles. The van der Waals surface area contributed by atoms with E-state index in [1.807, 2.05) is 49.5 Å². The molecule has 2 N–H and O–H groups in total. The highest BCUT2D eigenvalue weighted by atomic mass is 16.1. The lowest BCUT2D eigenvalue weighted by Gasteiger charge is -2.18. The number of fused-ring (bicyclic) bond motifs is 1. The van der Waals surface area contributed by atoms with Gasteiger partial charge in [0.1, 0.15) is 0 Å². The van der Waals surface area contributed by atoms with Crippen molar-refractivity contribution in [3.63, 3.8) is 0 Å². The minimum atomic E-state index is -0.162. The van der Waals surface area contributed by atoms with Gasteiger partial charge in [0.2, 0.25) is 5.91 Å². The molecule has 1 aromatic carbocycles. The van der Waals surface area contributed by atoms with Gasteiger partial charge in [-0.25, -0.2) is 0 Å². The van der Waals surface area contributed by atoms with E-state index in [-0.39, 0.29) is 11.3 Å². The summed E-state index contributed by atoms with van der Waals surface area (Å²) < 4.78 is 0. The van der Waals surface area contributed by atoms with Gasteiger partial charge in [0.05, 0.1) is 0 Å². The molecule has 0 radical (unpaired) electrons. The first-order chi connectivity index (χ1) is 11.8. The first-order valence-corrected chi connectivity index (χ1v) is 8.37. The highest BCUT2D eigenvalue weighted by Gasteiger charge is 2.15. The van der Waals surface area contributed by atoms with E-state index in [1.165, 1.54) is 0 Å². The third kappa shape index (κ3) is 3.97. The van der Waals surface area contributed by atoms with Crippen LogP contribution in [-0.4, -0.2) is 15.9 Å². The molecule has 128 valence electrons. The number of carbonyl (C=O) groups excluding carboxylic acids is 1. The quantitative estimate of drug-likeness (QED) is 0.675. The smallest absolute Gasteiger partial charge is 0.248 e. The Morgan fingerprint density at radius 2 is 1.96 bits per heavy atom. The van der Waals surface area contributed by atoms with Crippen molar-refractivity contribution in [2.45, 2.75) is 33.1 Å². The molecule has 0 spiro atoms. The lowest BCUT2D eigenvalue weighted by Crippen LogP contribution is -2.14. The summed E-state index contributed by atoms with van der Waals surface area (Å²) >= 11 is 0. The van der Waals surface area contributed by atoms with E-state index in [4.69, 9.17) is 0 Å². The van der Waals surface area contributed by atoms with Crippen molar-refractivity contribution in [3.05, 3.63) is 65.6 Å². The normalized spacial score (nSPS) is 12.0. The molecule has 0 aliphatic rings. The minimum Gasteiger partial charge on any atom is -0.361 e. The lowest BCUT2D eigenvalue weighted by atomic mass is 9.91. The molecular formula is C21H23N3O. The van der Waals surface area contributed by atoms with E-state index in [0.717, 1.165) is 33.5 Å². The second kappa shape index (κ2) is 6.55. The van der Waals surface area contributed by atoms with Gasteiger partial charge in [0.25, 0.3) is 0 Å². The number of anilines is 1. The van der Waals surface area contributed by atoms with Gasteiger partial charge in [-0.3, -0.25) is 9.78 Å². The van der Waals surface area contributed by atoms with Crippen LogP contribution in [0.15, 0.2) is 48.7 Å². The molecule has 0 atom stereocenters. The molecule has 0 aliphatic carbocycles. The second-order valence-electron chi connectivity index (χ2n) is 7.22. The van der Waals surface area contributed by atoms with Crippen LogP contribution in [0.3, 0.4) is 0 Å². The highest BCUT2D eigenvalue weighted by molar-refractivity contribution is 6.02. The predicted octanol–water partition coefficient (Wildman–Crippen LogP) is 4.82. The number of aromatic amines is 1. The Bertz CT molecular complexity index is 945. The van der Waals surface area contributed by atoms with Crippen LogP contribution in [0.2, 0.25) is 0 Å². The molecule has 0 bridgehead atoms. The minimum absolute atomic E-state index is 0.0147. The fraction of sp³-hybridized carbons (Fsp3) is 0.238. The van der Waals surface area contributed by atoms with Crippen LogP contribution in [0.25, 0.3) is 17.0 Å². The summed E-state index contributed by atoms with van der Waals surface area (Å²) in [6.45, 7) is 8.38. The van der Waals surface area contributed by atoms with E-state index in [0.29, 0.717) is 0 Å². The van der Waals surface area contributed by atoms with Crippen molar-refractivity contribution in [1.29, 1.82) is 0 Å². The zero-order chi connectivity index (χ0) is 18.0. The van der Waals surface area contributed by atoms with Crippen LogP contribution in [-0.2, 0) is 10.2 Å². The van der Waals surface area contributed by atoms with Crippen LogP contribution in [0.1, 0.15) is 37.7 Å². The van der Waals surface area contributed by atoms with Crippen LogP contribution >= 0.6 is 0 Å². The number of rotatable bonds is 3. The largest absolute Gasteiger partial charge is 0.361 e. The summed E-state index contributed by atoms with van der Waals surface area (Å²) in [5, 5.41) is 4.00. The van der Waals surface area contributed by atoms with Crippen molar-refractivity contribution in [2.75, 3.05) is 5.32 Å². The lowest BCUT2D eigenvalue weighted by molar-refractivity contribution is -0.111. The van der Waals surface area contributed by atoms with Crippen molar-refractivity contribution in [3.8, 4) is 0 Å². The van der Waals surface area contributed by atoms with Gasteiger partial charge in [0, 0.05) is 40.3 Å². The van der Waals surface area contributed by atoms with E-state index < -0.39 is 0 Å². The fourth-order valence-electron chi connectivity index (χ4n) is 2.64. The molecule has 2 heterocycles. The summed E-state index contributed by atoms with van der Waals surface area (Å²) in [6.07, 6.45) is 5.23. The Morgan fingerprint density at radius 1 is 1.16 bits per heavy atom. The Morgan fingerprint density at radius 3 is 2.68 bits per heavy atom. The molecule has 3 aromatic rings. The summed E-state index contributed by atoms with van der Waals surface area (Å²) in [7, 11) is 0. The number of benzene rings is 1. The molecular weight excluding hydrogens is 310 g/mol. The van der Waals surface area contributed by atoms with Crippen LogP contribution in [0.5, 0.6) is 0 Å². The van der Waals surface area contributed by atoms with Gasteiger partial charge in [-0.1, -0.05) is 32.9 Å². The number of hydrogen-bond acceptors (Lipinski definition) is 2. The third-order valence-electron chi connectivity index (χ3n) is 4.13. The van der Waals surface area contributed by atoms with Crippen LogP contribution < -0.4 is 5.32 Å². The molecule has 0 fully saturated rings. The topological polar surface area (TPSA) is 57.8 Å². The van der Waals surface area contributed by atoms with Crippen LogP contribution in [0.4, 0.5) is 5.69 Å². The molecule has 3 rings (SSSR count). The summed E-state index contributed by atoms with van der Waals surface area (Å²) in [4.78, 5) is 20.0. The molecule has 4 heteroatoms. The number of nitrogens with zero attached hydrogens (tertiary/aromatic N) is 1. The number of aryl methyl sites for hydroxylation is 1. The molecule has 4 nitrogen and oxygen atoms in total. The average molecular weight is 333 g/mol. The van der Waals surface area contributed by atoms with Gasteiger partial charge in [0.15, 0.2) is 0 Å². The standard InChI is InChI=1S/C21H23N3O/c1-14-15(6-9-19(23-14)21(2,3)4)7-10-20(25)24-17-8-5-16-11-12-22-18(16)13-17/h5-13,22H,1-4H3,(H,24,25)/b10-7+. The molecule has 25 heavy (non-hydrogen) atoms. The van der Waals surface area contributed by atoms with Crippen molar-refractivity contribution < 1.29 is 4.79 Å². The molecule has 0 saturated carbocycles. The molecule has 0 saturated heterocycles. The van der Waals surface area contributed by atoms with Gasteiger partial charge >= 0.3 is 0 Å². The van der Waals surface area contributed by atoms with E-state index in [2.05, 4.69) is 36.1 Å². The van der Waals surface area contributed by atoms with E-state index in [1.54, 1.807) is 12.2 Å². The number of hydrogen-bond donors (Lipinski definition) is 2. The molecule has 0 unspecified atom stereocenters. The Kier molecular flexibility index (Phi) is 4.45. The number of H-pyrrole nitrogens is 1. The van der Waals surface area contributed by atoms with Crippen molar-refractivity contribution >= 4 is 28.6 Å². The van der Waals surface area contributed by atoms with Crippen molar-refractivity contribution in [2.24, 2.45) is 0 Å². The van der Waals surface area contributed by atoms with E-state index >= 15 is 0 Å². The Balaban J connectivity index is 1.71. The van der Waals surface area contributed by atoms with Gasteiger partial charge in [-0.05, 0) is 48.2 Å². The highest BCUT2D eigenvalue weighted by Crippen LogP contribution is 2.22. The zero-order valence-corrected chi connectivity index (χ0v) is 15.1. The van der Waals surface area contributed by atoms with Crippen molar-refractivity contribution in [1.82, 2.24) is 9.97 Å². The summed E-state index contributed by atoms with van der Waals surface area (Å²) in [5.74, 6) is -0.162. The maximum Gasteiger partial charge on any atom is 0.248 e. The third-order valence-corrected chi connectivity index (χ3v) is 4.13. The number of amides is 1. The predicted molar refractivity (Wildman–Crippen MR) is 104 cm³/mol. The first-order valence-electron chi connectivity index (χ1n) is 8.37.